The zero-order chi connectivity index (χ0) is 14.4. The maximum atomic E-state index is 12.8. The average Bonchev–Trinajstić information content (AvgIpc) is 2.48. The fourth-order valence-corrected chi connectivity index (χ4v) is 2.47. The van der Waals surface area contributed by atoms with Crippen LogP contribution in [0, 0.1) is 5.82 Å². The van der Waals surface area contributed by atoms with Gasteiger partial charge in [-0.25, -0.2) is 4.39 Å². The first-order valence-electron chi connectivity index (χ1n) is 6.34. The van der Waals surface area contributed by atoms with Crippen molar-refractivity contribution >= 4 is 21.8 Å². The molecule has 1 amide bonds. The molecule has 0 saturated carbocycles. The second-order valence-corrected chi connectivity index (χ2v) is 5.14. The Bertz CT molecular complexity index is 556. The van der Waals surface area contributed by atoms with E-state index in [4.69, 9.17) is 0 Å². The topological polar surface area (TPSA) is 29.1 Å². The lowest BCUT2D eigenvalue weighted by Gasteiger charge is -2.16. The number of hydrogen-bond donors (Lipinski definition) is 1. The summed E-state index contributed by atoms with van der Waals surface area (Å²) in [4.78, 5) is 12.0. The molecule has 104 valence electrons. The molecule has 0 saturated heterocycles. The van der Waals surface area contributed by atoms with Gasteiger partial charge in [-0.3, -0.25) is 4.79 Å². The van der Waals surface area contributed by atoms with Gasteiger partial charge >= 0.3 is 0 Å². The third-order valence-corrected chi connectivity index (χ3v) is 3.62. The summed E-state index contributed by atoms with van der Waals surface area (Å²) in [6, 6.07) is 15.7. The highest BCUT2D eigenvalue weighted by atomic mass is 79.9. The van der Waals surface area contributed by atoms with Crippen LogP contribution in [-0.4, -0.2) is 11.2 Å². The Hall–Kier alpha value is -1.68. The maximum absolute atomic E-state index is 12.8. The molecule has 0 spiro atoms. The normalized spacial score (nSPS) is 11.9. The molecule has 0 aliphatic heterocycles. The Morgan fingerprint density at radius 1 is 1.10 bits per heavy atom. The summed E-state index contributed by atoms with van der Waals surface area (Å²) in [5.74, 6) is -0.373. The Kier molecular flexibility index (Phi) is 5.30. The largest absolute Gasteiger partial charge is 0.348 e. The van der Waals surface area contributed by atoms with Crippen LogP contribution < -0.4 is 5.32 Å². The van der Waals surface area contributed by atoms with Crippen molar-refractivity contribution in [3.05, 3.63) is 71.5 Å². The van der Waals surface area contributed by atoms with Gasteiger partial charge in [0, 0.05) is 5.33 Å². The van der Waals surface area contributed by atoms with Crippen LogP contribution in [0.25, 0.3) is 0 Å². The maximum Gasteiger partial charge on any atom is 0.224 e. The number of benzene rings is 2. The highest BCUT2D eigenvalue weighted by Gasteiger charge is 2.13. The Morgan fingerprint density at radius 2 is 1.75 bits per heavy atom. The standard InChI is InChI=1S/C16H15BrFNO/c17-11-15(13-4-2-1-3-5-13)19-16(20)10-12-6-8-14(18)9-7-12/h1-9,15H,10-11H2,(H,19,20). The minimum atomic E-state index is -0.295. The third kappa shape index (κ3) is 4.17. The number of rotatable bonds is 5. The number of carbonyl (C=O) groups excluding carboxylic acids is 1. The molecule has 0 bridgehead atoms. The molecule has 2 rings (SSSR count). The van der Waals surface area contributed by atoms with Crippen molar-refractivity contribution in [2.24, 2.45) is 0 Å². The molecule has 0 heterocycles. The number of carbonyl (C=O) groups is 1. The minimum Gasteiger partial charge on any atom is -0.348 e. The lowest BCUT2D eigenvalue weighted by Crippen LogP contribution is -2.30. The second kappa shape index (κ2) is 7.20. The van der Waals surface area contributed by atoms with Crippen LogP contribution in [-0.2, 0) is 11.2 Å². The van der Waals surface area contributed by atoms with Crippen molar-refractivity contribution in [3.8, 4) is 0 Å². The van der Waals surface area contributed by atoms with Crippen LogP contribution in [0.3, 0.4) is 0 Å². The number of amides is 1. The molecule has 2 aromatic rings. The molecule has 0 radical (unpaired) electrons. The summed E-state index contributed by atoms with van der Waals surface area (Å²) in [5.41, 5.74) is 1.85. The molecule has 0 aliphatic rings. The van der Waals surface area contributed by atoms with Crippen LogP contribution in [0.5, 0.6) is 0 Å². The van der Waals surface area contributed by atoms with E-state index < -0.39 is 0 Å². The molecule has 0 aromatic heterocycles. The van der Waals surface area contributed by atoms with E-state index in [0.29, 0.717) is 5.33 Å². The molecule has 1 atom stereocenters. The van der Waals surface area contributed by atoms with Gasteiger partial charge in [-0.05, 0) is 23.3 Å². The first-order valence-corrected chi connectivity index (χ1v) is 7.46. The van der Waals surface area contributed by atoms with Gasteiger partial charge in [-0.15, -0.1) is 0 Å². The van der Waals surface area contributed by atoms with Crippen LogP contribution in [0.4, 0.5) is 4.39 Å². The monoisotopic (exact) mass is 335 g/mol. The van der Waals surface area contributed by atoms with E-state index in [2.05, 4.69) is 21.2 Å². The molecular formula is C16H15BrFNO. The number of nitrogens with one attached hydrogen (secondary N) is 1. The van der Waals surface area contributed by atoms with Gasteiger partial charge in [0.05, 0.1) is 12.5 Å². The van der Waals surface area contributed by atoms with Gasteiger partial charge in [-0.1, -0.05) is 58.4 Å². The first kappa shape index (κ1) is 14.7. The molecule has 0 aliphatic carbocycles. The summed E-state index contributed by atoms with van der Waals surface area (Å²) in [6.45, 7) is 0. The van der Waals surface area contributed by atoms with Gasteiger partial charge < -0.3 is 5.32 Å². The van der Waals surface area contributed by atoms with Crippen molar-refractivity contribution in [1.82, 2.24) is 5.32 Å². The third-order valence-electron chi connectivity index (χ3n) is 2.97. The average molecular weight is 336 g/mol. The first-order chi connectivity index (χ1) is 9.69. The fraction of sp³-hybridized carbons (Fsp3) is 0.188. The highest BCUT2D eigenvalue weighted by Crippen LogP contribution is 2.15. The summed E-state index contributed by atoms with van der Waals surface area (Å²) in [7, 11) is 0. The Labute approximate surface area is 126 Å². The Morgan fingerprint density at radius 3 is 2.35 bits per heavy atom. The number of alkyl halides is 1. The van der Waals surface area contributed by atoms with Gasteiger partial charge in [0.2, 0.25) is 5.91 Å². The lowest BCUT2D eigenvalue weighted by molar-refractivity contribution is -0.121. The zero-order valence-electron chi connectivity index (χ0n) is 10.9. The van der Waals surface area contributed by atoms with E-state index in [9.17, 15) is 9.18 Å². The van der Waals surface area contributed by atoms with Crippen LogP contribution in [0.2, 0.25) is 0 Å². The SMILES string of the molecule is O=C(Cc1ccc(F)cc1)NC(CBr)c1ccccc1. The molecule has 1 N–H and O–H groups in total. The van der Waals surface area contributed by atoms with E-state index >= 15 is 0 Å². The lowest BCUT2D eigenvalue weighted by atomic mass is 10.1. The van der Waals surface area contributed by atoms with Crippen LogP contribution in [0.15, 0.2) is 54.6 Å². The number of hydrogen-bond acceptors (Lipinski definition) is 1. The fourth-order valence-electron chi connectivity index (χ4n) is 1.93. The van der Waals surface area contributed by atoms with Gasteiger partial charge in [0.15, 0.2) is 0 Å². The molecule has 20 heavy (non-hydrogen) atoms. The number of halogens is 2. The van der Waals surface area contributed by atoms with Crippen molar-refractivity contribution < 1.29 is 9.18 Å². The molecule has 2 nitrogen and oxygen atoms in total. The zero-order valence-corrected chi connectivity index (χ0v) is 12.4. The predicted octanol–water partition coefficient (Wildman–Crippen LogP) is 3.62. The van der Waals surface area contributed by atoms with E-state index in [1.54, 1.807) is 12.1 Å². The minimum absolute atomic E-state index is 0.0656. The molecule has 2 aromatic carbocycles. The summed E-state index contributed by atoms with van der Waals surface area (Å²) in [5, 5.41) is 3.61. The summed E-state index contributed by atoms with van der Waals surface area (Å²) < 4.78 is 12.8. The Balaban J connectivity index is 1.97. The van der Waals surface area contributed by atoms with Crippen molar-refractivity contribution in [2.75, 3.05) is 5.33 Å². The van der Waals surface area contributed by atoms with Crippen molar-refractivity contribution in [3.63, 3.8) is 0 Å². The molecule has 4 heteroatoms. The summed E-state index contributed by atoms with van der Waals surface area (Å²) >= 11 is 3.41. The van der Waals surface area contributed by atoms with E-state index in [0.717, 1.165) is 11.1 Å². The van der Waals surface area contributed by atoms with E-state index in [1.807, 2.05) is 30.3 Å². The van der Waals surface area contributed by atoms with Gasteiger partial charge in [0.25, 0.3) is 0 Å². The van der Waals surface area contributed by atoms with Crippen LogP contribution in [0.1, 0.15) is 17.2 Å². The van der Waals surface area contributed by atoms with Crippen LogP contribution >= 0.6 is 15.9 Å². The van der Waals surface area contributed by atoms with E-state index in [1.165, 1.54) is 12.1 Å². The molecule has 0 fully saturated rings. The predicted molar refractivity (Wildman–Crippen MR) is 81.2 cm³/mol. The quantitative estimate of drug-likeness (QED) is 0.830. The van der Waals surface area contributed by atoms with Crippen molar-refractivity contribution in [1.29, 1.82) is 0 Å². The molecular weight excluding hydrogens is 321 g/mol. The van der Waals surface area contributed by atoms with Crippen molar-refractivity contribution in [2.45, 2.75) is 12.5 Å². The van der Waals surface area contributed by atoms with E-state index in [-0.39, 0.29) is 24.2 Å². The smallest absolute Gasteiger partial charge is 0.224 e. The molecule has 1 unspecified atom stereocenters. The second-order valence-electron chi connectivity index (χ2n) is 4.49. The van der Waals surface area contributed by atoms with Gasteiger partial charge in [0.1, 0.15) is 5.82 Å². The van der Waals surface area contributed by atoms with Gasteiger partial charge in [-0.2, -0.15) is 0 Å². The summed E-state index contributed by atoms with van der Waals surface area (Å²) in [6.07, 6.45) is 0.247. The highest BCUT2D eigenvalue weighted by molar-refractivity contribution is 9.09.